The molecule has 1 heterocycles. The first-order chi connectivity index (χ1) is 12.1. The molecule has 0 bridgehead atoms. The average molecular weight is 341 g/mol. The molecule has 0 fully saturated rings. The molecule has 3 aromatic rings. The van der Waals surface area contributed by atoms with Gasteiger partial charge in [-0.2, -0.15) is 13.9 Å². The van der Waals surface area contributed by atoms with Gasteiger partial charge in [-0.1, -0.05) is 30.3 Å². The zero-order chi connectivity index (χ0) is 17.6. The van der Waals surface area contributed by atoms with Crippen LogP contribution in [0.25, 0.3) is 10.8 Å². The number of pyridine rings is 1. The van der Waals surface area contributed by atoms with Crippen molar-refractivity contribution < 1.29 is 18.3 Å². The number of alkyl halides is 2. The van der Waals surface area contributed by atoms with E-state index in [1.54, 1.807) is 18.2 Å². The molecule has 0 unspecified atom stereocenters. The highest BCUT2D eigenvalue weighted by molar-refractivity contribution is 6.03. The molecule has 7 heteroatoms. The SMILES string of the molecule is O=C(N/N=C\c1c(OC(F)F)ccc2ccccc12)c1ccncc1. The standard InChI is InChI=1S/C18H13F2N3O2/c19-18(20)25-16-6-5-12-3-1-2-4-14(12)15(16)11-22-23-17(24)13-7-9-21-10-8-13/h1-11,18H,(H,23,24)/b22-11-. The van der Waals surface area contributed by atoms with Crippen molar-refractivity contribution in [2.75, 3.05) is 0 Å². The third kappa shape index (κ3) is 3.95. The first-order valence-corrected chi connectivity index (χ1v) is 7.35. The predicted molar refractivity (Wildman–Crippen MR) is 89.9 cm³/mol. The summed E-state index contributed by atoms with van der Waals surface area (Å²) in [5.41, 5.74) is 3.09. The number of ether oxygens (including phenoxy) is 1. The fourth-order valence-electron chi connectivity index (χ4n) is 2.33. The molecule has 0 aliphatic rings. The van der Waals surface area contributed by atoms with E-state index in [9.17, 15) is 13.6 Å². The first kappa shape index (κ1) is 16.5. The lowest BCUT2D eigenvalue weighted by Crippen LogP contribution is -2.17. The van der Waals surface area contributed by atoms with Crippen LogP contribution in [0.4, 0.5) is 8.78 Å². The maximum atomic E-state index is 12.6. The van der Waals surface area contributed by atoms with Crippen LogP contribution in [0.2, 0.25) is 0 Å². The Hall–Kier alpha value is -3.35. The molecular weight excluding hydrogens is 328 g/mol. The maximum absolute atomic E-state index is 12.6. The molecule has 1 N–H and O–H groups in total. The Morgan fingerprint density at radius 1 is 1.12 bits per heavy atom. The minimum Gasteiger partial charge on any atom is -0.434 e. The van der Waals surface area contributed by atoms with Crippen molar-refractivity contribution in [1.29, 1.82) is 0 Å². The molecule has 0 saturated carbocycles. The fraction of sp³-hybridized carbons (Fsp3) is 0.0556. The molecule has 3 rings (SSSR count). The monoisotopic (exact) mass is 341 g/mol. The van der Waals surface area contributed by atoms with Crippen molar-refractivity contribution in [2.24, 2.45) is 5.10 Å². The van der Waals surface area contributed by atoms with Crippen molar-refractivity contribution in [3.63, 3.8) is 0 Å². The fourth-order valence-corrected chi connectivity index (χ4v) is 2.33. The summed E-state index contributed by atoms with van der Waals surface area (Å²) in [7, 11) is 0. The zero-order valence-electron chi connectivity index (χ0n) is 12.9. The number of hydrogen-bond donors (Lipinski definition) is 1. The van der Waals surface area contributed by atoms with E-state index < -0.39 is 12.5 Å². The molecule has 1 amide bonds. The topological polar surface area (TPSA) is 63.6 Å². The normalized spacial score (nSPS) is 11.2. The van der Waals surface area contributed by atoms with Gasteiger partial charge >= 0.3 is 6.61 Å². The van der Waals surface area contributed by atoms with Gasteiger partial charge in [0.15, 0.2) is 0 Å². The number of fused-ring (bicyclic) bond motifs is 1. The van der Waals surface area contributed by atoms with Crippen molar-refractivity contribution >= 4 is 22.9 Å². The highest BCUT2D eigenvalue weighted by Gasteiger charge is 2.12. The third-order valence-corrected chi connectivity index (χ3v) is 3.45. The molecule has 2 aromatic carbocycles. The number of hydrazone groups is 1. The van der Waals surface area contributed by atoms with Gasteiger partial charge in [-0.25, -0.2) is 5.43 Å². The van der Waals surface area contributed by atoms with Gasteiger partial charge in [-0.05, 0) is 29.0 Å². The zero-order valence-corrected chi connectivity index (χ0v) is 12.9. The van der Waals surface area contributed by atoms with Crippen LogP contribution in [-0.4, -0.2) is 23.7 Å². The van der Waals surface area contributed by atoms with Gasteiger partial charge in [-0.15, -0.1) is 0 Å². The van der Waals surface area contributed by atoms with Gasteiger partial charge in [0.05, 0.1) is 6.21 Å². The summed E-state index contributed by atoms with van der Waals surface area (Å²) in [5.74, 6) is -0.453. The average Bonchev–Trinajstić information content (AvgIpc) is 2.63. The number of amides is 1. The number of aromatic nitrogens is 1. The van der Waals surface area contributed by atoms with Crippen LogP contribution < -0.4 is 10.2 Å². The Bertz CT molecular complexity index is 915. The second kappa shape index (κ2) is 7.48. The number of benzene rings is 2. The predicted octanol–water partition coefficient (Wildman–Crippen LogP) is 3.60. The summed E-state index contributed by atoms with van der Waals surface area (Å²) >= 11 is 0. The van der Waals surface area contributed by atoms with Crippen LogP contribution in [0.5, 0.6) is 5.75 Å². The van der Waals surface area contributed by atoms with Gasteiger partial charge in [-0.3, -0.25) is 9.78 Å². The van der Waals surface area contributed by atoms with Crippen molar-refractivity contribution in [1.82, 2.24) is 10.4 Å². The smallest absolute Gasteiger partial charge is 0.387 e. The highest BCUT2D eigenvalue weighted by atomic mass is 19.3. The van der Waals surface area contributed by atoms with E-state index in [-0.39, 0.29) is 5.75 Å². The third-order valence-electron chi connectivity index (χ3n) is 3.45. The maximum Gasteiger partial charge on any atom is 0.387 e. The number of halogens is 2. The molecule has 5 nitrogen and oxygen atoms in total. The second-order valence-electron chi connectivity index (χ2n) is 5.01. The van der Waals surface area contributed by atoms with Crippen LogP contribution in [0.3, 0.4) is 0 Å². The summed E-state index contributed by atoms with van der Waals surface area (Å²) in [6.45, 7) is -2.96. The van der Waals surface area contributed by atoms with Gasteiger partial charge in [0.25, 0.3) is 5.91 Å². The summed E-state index contributed by atoms with van der Waals surface area (Å²) < 4.78 is 29.8. The molecule has 0 saturated heterocycles. The van der Waals surface area contributed by atoms with E-state index >= 15 is 0 Å². The van der Waals surface area contributed by atoms with E-state index in [1.165, 1.54) is 36.8 Å². The Morgan fingerprint density at radius 3 is 2.64 bits per heavy atom. The minimum atomic E-state index is -2.96. The largest absolute Gasteiger partial charge is 0.434 e. The quantitative estimate of drug-likeness (QED) is 0.570. The lowest BCUT2D eigenvalue weighted by Gasteiger charge is -2.10. The van der Waals surface area contributed by atoms with Crippen molar-refractivity contribution in [3.8, 4) is 5.75 Å². The number of nitrogens with one attached hydrogen (secondary N) is 1. The molecule has 1 aromatic heterocycles. The van der Waals surface area contributed by atoms with E-state index in [0.717, 1.165) is 5.39 Å². The number of rotatable bonds is 5. The van der Waals surface area contributed by atoms with Gasteiger partial charge < -0.3 is 4.74 Å². The van der Waals surface area contributed by atoms with Gasteiger partial charge in [0, 0.05) is 23.5 Å². The summed E-state index contributed by atoms with van der Waals surface area (Å²) in [6.07, 6.45) is 4.26. The molecule has 0 atom stereocenters. The summed E-state index contributed by atoms with van der Waals surface area (Å²) in [4.78, 5) is 15.8. The molecular formula is C18H13F2N3O2. The van der Waals surface area contributed by atoms with Gasteiger partial charge in [0.1, 0.15) is 5.75 Å². The summed E-state index contributed by atoms with van der Waals surface area (Å²) in [6, 6.07) is 13.4. The van der Waals surface area contributed by atoms with Crippen molar-refractivity contribution in [2.45, 2.75) is 6.61 Å². The van der Waals surface area contributed by atoms with E-state index in [1.807, 2.05) is 12.1 Å². The lowest BCUT2D eigenvalue weighted by molar-refractivity contribution is -0.0498. The van der Waals surface area contributed by atoms with Gasteiger partial charge in [0.2, 0.25) is 0 Å². The van der Waals surface area contributed by atoms with Crippen LogP contribution in [0, 0.1) is 0 Å². The van der Waals surface area contributed by atoms with Crippen molar-refractivity contribution in [3.05, 3.63) is 72.1 Å². The summed E-state index contributed by atoms with van der Waals surface area (Å²) in [5, 5.41) is 5.39. The number of carbonyl (C=O) groups excluding carboxylic acids is 1. The molecule has 0 radical (unpaired) electrons. The Kier molecular flexibility index (Phi) is 4.94. The number of carbonyl (C=O) groups is 1. The Morgan fingerprint density at radius 2 is 1.88 bits per heavy atom. The van der Waals surface area contributed by atoms with Crippen LogP contribution in [0.15, 0.2) is 66.0 Å². The van der Waals surface area contributed by atoms with E-state index in [0.29, 0.717) is 16.5 Å². The molecule has 0 spiro atoms. The van der Waals surface area contributed by atoms with Crippen LogP contribution >= 0.6 is 0 Å². The van der Waals surface area contributed by atoms with E-state index in [2.05, 4.69) is 20.2 Å². The highest BCUT2D eigenvalue weighted by Crippen LogP contribution is 2.27. The Labute approximate surface area is 142 Å². The molecule has 25 heavy (non-hydrogen) atoms. The van der Waals surface area contributed by atoms with E-state index in [4.69, 9.17) is 0 Å². The first-order valence-electron chi connectivity index (χ1n) is 7.35. The lowest BCUT2D eigenvalue weighted by atomic mass is 10.0. The molecule has 0 aliphatic heterocycles. The number of hydrogen-bond acceptors (Lipinski definition) is 4. The number of nitrogens with zero attached hydrogens (tertiary/aromatic N) is 2. The minimum absolute atomic E-state index is 0.0180. The van der Waals surface area contributed by atoms with Crippen LogP contribution in [0.1, 0.15) is 15.9 Å². The Balaban J connectivity index is 1.89. The van der Waals surface area contributed by atoms with Crippen LogP contribution in [-0.2, 0) is 0 Å². The molecule has 0 aliphatic carbocycles. The second-order valence-corrected chi connectivity index (χ2v) is 5.01. The molecule has 126 valence electrons.